The van der Waals surface area contributed by atoms with E-state index >= 15 is 0 Å². The summed E-state index contributed by atoms with van der Waals surface area (Å²) in [4.78, 5) is 0. The summed E-state index contributed by atoms with van der Waals surface area (Å²) in [6, 6.07) is 3.85. The Kier molecular flexibility index (Phi) is 1.55. The van der Waals surface area contributed by atoms with Crippen molar-refractivity contribution in [3.63, 3.8) is 0 Å². The number of aromatic nitrogens is 2. The summed E-state index contributed by atoms with van der Waals surface area (Å²) in [6.07, 6.45) is 0. The summed E-state index contributed by atoms with van der Waals surface area (Å²) in [5.41, 5.74) is 1.98. The third-order valence-corrected chi connectivity index (χ3v) is 2.62. The molecule has 0 bridgehead atoms. The van der Waals surface area contributed by atoms with E-state index in [0.717, 1.165) is 20.8 Å². The summed E-state index contributed by atoms with van der Waals surface area (Å²) in [7, 11) is 0. The number of hydrogen-bond donors (Lipinski definition) is 0. The van der Waals surface area contributed by atoms with Crippen molar-refractivity contribution in [2.75, 3.05) is 0 Å². The van der Waals surface area contributed by atoms with Crippen LogP contribution in [0.15, 0.2) is 12.1 Å². The molecule has 0 spiro atoms. The van der Waals surface area contributed by atoms with Crippen molar-refractivity contribution in [2.45, 2.75) is 6.92 Å². The van der Waals surface area contributed by atoms with Gasteiger partial charge in [-0.2, -0.15) is 0 Å². The van der Waals surface area contributed by atoms with Crippen LogP contribution in [0.25, 0.3) is 10.2 Å². The number of nitrogens with zero attached hydrogens (tertiary/aromatic N) is 2. The number of hydrogen-bond acceptors (Lipinski definition) is 3. The fourth-order valence-electron chi connectivity index (χ4n) is 0.908. The molecule has 0 aliphatic rings. The Morgan fingerprint density at radius 3 is 3.09 bits per heavy atom. The number of rotatable bonds is 0. The zero-order chi connectivity index (χ0) is 7.84. The van der Waals surface area contributed by atoms with E-state index in [-0.39, 0.29) is 0 Å². The van der Waals surface area contributed by atoms with Crippen molar-refractivity contribution in [3.8, 4) is 0 Å². The van der Waals surface area contributed by atoms with Gasteiger partial charge in [-0.3, -0.25) is 0 Å². The summed E-state index contributed by atoms with van der Waals surface area (Å²) in [6.45, 7) is 1.96. The maximum atomic E-state index is 5.90. The van der Waals surface area contributed by atoms with Crippen molar-refractivity contribution in [1.29, 1.82) is 0 Å². The van der Waals surface area contributed by atoms with Gasteiger partial charge >= 0.3 is 0 Å². The predicted molar refractivity (Wildman–Crippen MR) is 47.2 cm³/mol. The molecule has 1 heterocycles. The monoisotopic (exact) mass is 184 g/mol. The van der Waals surface area contributed by atoms with Crippen LogP contribution in [0.2, 0.25) is 5.02 Å². The number of benzene rings is 1. The number of halogens is 1. The van der Waals surface area contributed by atoms with Gasteiger partial charge in [0.25, 0.3) is 0 Å². The Labute approximate surface area is 73.0 Å². The fraction of sp³-hybridized carbons (Fsp3) is 0.143. The molecule has 0 unspecified atom stereocenters. The van der Waals surface area contributed by atoms with Gasteiger partial charge in [0.2, 0.25) is 0 Å². The van der Waals surface area contributed by atoms with E-state index in [1.165, 1.54) is 11.5 Å². The minimum Gasteiger partial charge on any atom is -0.138 e. The second kappa shape index (κ2) is 2.43. The highest BCUT2D eigenvalue weighted by Crippen LogP contribution is 2.23. The Hall–Kier alpha value is -0.670. The molecule has 0 fully saturated rings. The minimum atomic E-state index is 0.781. The number of fused-ring (bicyclic) bond motifs is 1. The quantitative estimate of drug-likeness (QED) is 0.629. The summed E-state index contributed by atoms with van der Waals surface area (Å²) in [5, 5.41) is 4.71. The lowest BCUT2D eigenvalue weighted by Crippen LogP contribution is -1.74. The van der Waals surface area contributed by atoms with Gasteiger partial charge in [-0.15, -0.1) is 5.10 Å². The molecule has 0 atom stereocenters. The molecule has 4 heteroatoms. The lowest BCUT2D eigenvalue weighted by atomic mass is 10.2. The molecule has 2 aromatic rings. The van der Waals surface area contributed by atoms with Gasteiger partial charge < -0.3 is 0 Å². The summed E-state index contributed by atoms with van der Waals surface area (Å²) < 4.78 is 4.86. The van der Waals surface area contributed by atoms with E-state index in [0.29, 0.717) is 0 Å². The molecular formula is C7H5ClN2S. The zero-order valence-electron chi connectivity index (χ0n) is 5.84. The molecule has 2 rings (SSSR count). The second-order valence-corrected chi connectivity index (χ2v) is 3.53. The first-order valence-corrected chi connectivity index (χ1v) is 4.31. The molecule has 0 saturated heterocycles. The van der Waals surface area contributed by atoms with Gasteiger partial charge in [0.1, 0.15) is 5.52 Å². The highest BCUT2D eigenvalue weighted by molar-refractivity contribution is 7.13. The van der Waals surface area contributed by atoms with E-state index in [2.05, 4.69) is 9.59 Å². The largest absolute Gasteiger partial charge is 0.138 e. The van der Waals surface area contributed by atoms with E-state index < -0.39 is 0 Å². The Morgan fingerprint density at radius 1 is 1.45 bits per heavy atom. The van der Waals surface area contributed by atoms with Crippen LogP contribution in [-0.4, -0.2) is 9.59 Å². The van der Waals surface area contributed by atoms with Crippen LogP contribution in [-0.2, 0) is 0 Å². The van der Waals surface area contributed by atoms with Crippen molar-refractivity contribution >= 4 is 33.4 Å². The van der Waals surface area contributed by atoms with Gasteiger partial charge in [0, 0.05) is 5.02 Å². The fourth-order valence-corrected chi connectivity index (χ4v) is 1.72. The van der Waals surface area contributed by atoms with Gasteiger partial charge in [0.05, 0.1) is 4.70 Å². The maximum absolute atomic E-state index is 5.90. The standard InChI is InChI=1S/C7H5ClN2S/c1-4-2-6-7(3-5(4)8)11-10-9-6/h2-3H,1H3. The topological polar surface area (TPSA) is 25.8 Å². The summed E-state index contributed by atoms with van der Waals surface area (Å²) >= 11 is 7.26. The molecule has 1 aromatic carbocycles. The lowest BCUT2D eigenvalue weighted by molar-refractivity contribution is 1.20. The van der Waals surface area contributed by atoms with Gasteiger partial charge in [-0.25, -0.2) is 0 Å². The molecule has 0 aliphatic heterocycles. The molecule has 0 amide bonds. The highest BCUT2D eigenvalue weighted by Gasteiger charge is 2.01. The van der Waals surface area contributed by atoms with Crippen LogP contribution in [0.4, 0.5) is 0 Å². The van der Waals surface area contributed by atoms with Gasteiger partial charge in [-0.1, -0.05) is 16.1 Å². The molecule has 2 nitrogen and oxygen atoms in total. The third-order valence-electron chi connectivity index (χ3n) is 1.53. The molecule has 1 aromatic heterocycles. The minimum absolute atomic E-state index is 0.781. The first-order chi connectivity index (χ1) is 5.27. The first-order valence-electron chi connectivity index (χ1n) is 3.15. The first kappa shape index (κ1) is 7.00. The molecule has 0 saturated carbocycles. The SMILES string of the molecule is Cc1cc2nnsc2cc1Cl. The van der Waals surface area contributed by atoms with Crippen LogP contribution >= 0.6 is 23.1 Å². The Bertz CT molecular complexity index is 360. The van der Waals surface area contributed by atoms with Crippen LogP contribution in [0, 0.1) is 6.92 Å². The number of aryl methyl sites for hydroxylation is 1. The van der Waals surface area contributed by atoms with Crippen LogP contribution < -0.4 is 0 Å². The lowest BCUT2D eigenvalue weighted by Gasteiger charge is -1.93. The Morgan fingerprint density at radius 2 is 2.27 bits per heavy atom. The molecule has 0 aliphatic carbocycles. The highest BCUT2D eigenvalue weighted by atomic mass is 35.5. The van der Waals surface area contributed by atoms with E-state index in [4.69, 9.17) is 11.6 Å². The zero-order valence-corrected chi connectivity index (χ0v) is 7.41. The second-order valence-electron chi connectivity index (χ2n) is 2.34. The van der Waals surface area contributed by atoms with Gasteiger partial charge in [0.15, 0.2) is 0 Å². The molecular weight excluding hydrogens is 180 g/mol. The van der Waals surface area contributed by atoms with Crippen molar-refractivity contribution < 1.29 is 0 Å². The normalized spacial score (nSPS) is 10.7. The molecule has 11 heavy (non-hydrogen) atoms. The van der Waals surface area contributed by atoms with Gasteiger partial charge in [-0.05, 0) is 36.2 Å². The summed E-state index contributed by atoms with van der Waals surface area (Å²) in [5.74, 6) is 0. The molecule has 0 N–H and O–H groups in total. The van der Waals surface area contributed by atoms with Crippen LogP contribution in [0.1, 0.15) is 5.56 Å². The maximum Gasteiger partial charge on any atom is 0.106 e. The van der Waals surface area contributed by atoms with E-state index in [1.54, 1.807) is 0 Å². The van der Waals surface area contributed by atoms with Crippen LogP contribution in [0.5, 0.6) is 0 Å². The smallest absolute Gasteiger partial charge is 0.106 e. The third kappa shape index (κ3) is 1.10. The van der Waals surface area contributed by atoms with Crippen molar-refractivity contribution in [2.24, 2.45) is 0 Å². The van der Waals surface area contributed by atoms with Crippen molar-refractivity contribution in [1.82, 2.24) is 9.59 Å². The van der Waals surface area contributed by atoms with Crippen LogP contribution in [0.3, 0.4) is 0 Å². The average Bonchev–Trinajstić information content (AvgIpc) is 2.36. The Balaban J connectivity index is 2.86. The molecule has 56 valence electrons. The van der Waals surface area contributed by atoms with E-state index in [9.17, 15) is 0 Å². The van der Waals surface area contributed by atoms with Crippen molar-refractivity contribution in [3.05, 3.63) is 22.7 Å². The predicted octanol–water partition coefficient (Wildman–Crippen LogP) is 2.65. The van der Waals surface area contributed by atoms with E-state index in [1.807, 2.05) is 19.1 Å². The molecule has 0 radical (unpaired) electrons. The average molecular weight is 185 g/mol.